The van der Waals surface area contributed by atoms with Crippen molar-refractivity contribution in [1.29, 1.82) is 0 Å². The van der Waals surface area contributed by atoms with Gasteiger partial charge in [0.1, 0.15) is 0 Å². The third-order valence-corrected chi connectivity index (χ3v) is 4.26. The predicted octanol–water partition coefficient (Wildman–Crippen LogP) is 3.41. The van der Waals surface area contributed by atoms with E-state index < -0.39 is 0 Å². The van der Waals surface area contributed by atoms with Crippen molar-refractivity contribution in [3.8, 4) is 11.5 Å². The smallest absolute Gasteiger partial charge is 0.259 e. The molecule has 28 heavy (non-hydrogen) atoms. The van der Waals surface area contributed by atoms with Gasteiger partial charge in [-0.2, -0.15) is 5.10 Å². The Morgan fingerprint density at radius 3 is 2.32 bits per heavy atom. The third kappa shape index (κ3) is 9.94. The topological polar surface area (TPSA) is 89.0 Å². The molecule has 2 amide bonds. The number of rotatable bonds is 14. The van der Waals surface area contributed by atoms with Gasteiger partial charge >= 0.3 is 0 Å². The van der Waals surface area contributed by atoms with E-state index >= 15 is 0 Å². The molecule has 1 aromatic carbocycles. The van der Waals surface area contributed by atoms with E-state index in [1.54, 1.807) is 32.4 Å². The van der Waals surface area contributed by atoms with E-state index in [0.717, 1.165) is 18.4 Å². The number of nitrogens with one attached hydrogen (secondary N) is 2. The Labute approximate surface area is 167 Å². The Morgan fingerprint density at radius 2 is 1.64 bits per heavy atom. The maximum Gasteiger partial charge on any atom is 0.259 e. The summed E-state index contributed by atoms with van der Waals surface area (Å²) in [6, 6.07) is 5.30. The number of benzene rings is 1. The second-order valence-electron chi connectivity index (χ2n) is 6.56. The van der Waals surface area contributed by atoms with Crippen molar-refractivity contribution in [2.24, 2.45) is 5.10 Å². The second kappa shape index (κ2) is 14.5. The lowest BCUT2D eigenvalue weighted by Crippen LogP contribution is -2.34. The summed E-state index contributed by atoms with van der Waals surface area (Å²) in [7, 11) is 3.11. The van der Waals surface area contributed by atoms with Crippen molar-refractivity contribution in [3.05, 3.63) is 23.8 Å². The van der Waals surface area contributed by atoms with Gasteiger partial charge in [0.05, 0.1) is 27.0 Å². The highest BCUT2D eigenvalue weighted by molar-refractivity contribution is 5.86. The number of carbonyl (C=O) groups excluding carboxylic acids is 2. The van der Waals surface area contributed by atoms with Gasteiger partial charge in [-0.3, -0.25) is 9.59 Å². The van der Waals surface area contributed by atoms with Crippen molar-refractivity contribution in [1.82, 2.24) is 10.7 Å². The Hall–Kier alpha value is -2.57. The minimum absolute atomic E-state index is 0.0847. The number of hydrogen-bond donors (Lipinski definition) is 2. The lowest BCUT2D eigenvalue weighted by atomic mass is 10.1. The van der Waals surface area contributed by atoms with Crippen molar-refractivity contribution >= 4 is 18.0 Å². The van der Waals surface area contributed by atoms with Crippen LogP contribution in [0.25, 0.3) is 0 Å². The molecule has 7 nitrogen and oxygen atoms in total. The van der Waals surface area contributed by atoms with E-state index in [4.69, 9.17) is 9.47 Å². The molecule has 7 heteroatoms. The molecular weight excluding hydrogens is 358 g/mol. The van der Waals surface area contributed by atoms with Crippen LogP contribution in [0.2, 0.25) is 0 Å². The molecular formula is C21H33N3O4. The lowest BCUT2D eigenvalue weighted by Gasteiger charge is -2.07. The monoisotopic (exact) mass is 391 g/mol. The largest absolute Gasteiger partial charge is 0.493 e. The number of carbonyl (C=O) groups is 2. The van der Waals surface area contributed by atoms with Gasteiger partial charge in [0.25, 0.3) is 5.91 Å². The van der Waals surface area contributed by atoms with Crippen LogP contribution in [0.4, 0.5) is 0 Å². The molecule has 0 atom stereocenters. The molecule has 156 valence electrons. The highest BCUT2D eigenvalue weighted by Crippen LogP contribution is 2.26. The number of hydrazone groups is 1. The summed E-state index contributed by atoms with van der Waals surface area (Å²) in [6.07, 6.45) is 10.1. The van der Waals surface area contributed by atoms with Gasteiger partial charge in [-0.05, 0) is 30.2 Å². The zero-order valence-electron chi connectivity index (χ0n) is 17.3. The fraction of sp³-hybridized carbons (Fsp3) is 0.571. The molecule has 2 N–H and O–H groups in total. The Balaban J connectivity index is 2.20. The minimum atomic E-state index is -0.371. The summed E-state index contributed by atoms with van der Waals surface area (Å²) >= 11 is 0. The summed E-state index contributed by atoms with van der Waals surface area (Å²) < 4.78 is 10.4. The standard InChI is InChI=1S/C21H33N3O4/c1-4-5-6-7-8-9-10-11-20(25)22-16-21(26)24-23-15-17-12-13-18(27-2)19(14-17)28-3/h12-15H,4-11,16H2,1-3H3,(H,22,25)(H,24,26). The van der Waals surface area contributed by atoms with Crippen LogP contribution in [0.1, 0.15) is 63.9 Å². The van der Waals surface area contributed by atoms with Crippen LogP contribution in [0.5, 0.6) is 11.5 Å². The molecule has 0 fully saturated rings. The van der Waals surface area contributed by atoms with Crippen molar-refractivity contribution < 1.29 is 19.1 Å². The normalized spacial score (nSPS) is 10.7. The van der Waals surface area contributed by atoms with E-state index in [-0.39, 0.29) is 18.4 Å². The number of methoxy groups -OCH3 is 2. The van der Waals surface area contributed by atoms with Gasteiger partial charge in [-0.15, -0.1) is 0 Å². The molecule has 0 heterocycles. The van der Waals surface area contributed by atoms with Crippen LogP contribution in [0, 0.1) is 0 Å². The number of unbranched alkanes of at least 4 members (excludes halogenated alkanes) is 6. The van der Waals surface area contributed by atoms with Gasteiger partial charge in [0, 0.05) is 6.42 Å². The van der Waals surface area contributed by atoms with Crippen LogP contribution in [-0.4, -0.2) is 38.8 Å². The number of ether oxygens (including phenoxy) is 2. The molecule has 0 saturated carbocycles. The summed E-state index contributed by atoms with van der Waals surface area (Å²) in [5.74, 6) is 0.722. The molecule has 0 aromatic heterocycles. The first-order valence-corrected chi connectivity index (χ1v) is 9.91. The molecule has 0 aliphatic carbocycles. The Kier molecular flexibility index (Phi) is 12.1. The second-order valence-corrected chi connectivity index (χ2v) is 6.56. The number of hydrogen-bond acceptors (Lipinski definition) is 5. The van der Waals surface area contributed by atoms with Gasteiger partial charge in [0.15, 0.2) is 11.5 Å². The maximum atomic E-state index is 11.8. The Morgan fingerprint density at radius 1 is 0.964 bits per heavy atom. The molecule has 0 radical (unpaired) electrons. The van der Waals surface area contributed by atoms with E-state index in [9.17, 15) is 9.59 Å². The zero-order chi connectivity index (χ0) is 20.6. The highest BCUT2D eigenvalue weighted by Gasteiger charge is 2.05. The molecule has 0 spiro atoms. The quantitative estimate of drug-likeness (QED) is 0.289. The van der Waals surface area contributed by atoms with Gasteiger partial charge in [-0.1, -0.05) is 45.4 Å². The van der Waals surface area contributed by atoms with E-state index in [2.05, 4.69) is 22.8 Å². The van der Waals surface area contributed by atoms with Crippen LogP contribution < -0.4 is 20.2 Å². The first-order valence-electron chi connectivity index (χ1n) is 9.91. The molecule has 0 saturated heterocycles. The summed E-state index contributed by atoms with van der Waals surface area (Å²) in [5, 5.41) is 6.50. The highest BCUT2D eigenvalue weighted by atomic mass is 16.5. The Bertz CT molecular complexity index is 632. The van der Waals surface area contributed by atoms with E-state index in [0.29, 0.717) is 17.9 Å². The number of nitrogens with zero attached hydrogens (tertiary/aromatic N) is 1. The van der Waals surface area contributed by atoms with Gasteiger partial charge in [0.2, 0.25) is 5.91 Å². The van der Waals surface area contributed by atoms with E-state index in [1.807, 2.05) is 0 Å². The van der Waals surface area contributed by atoms with Crippen molar-refractivity contribution in [2.45, 2.75) is 58.3 Å². The average Bonchev–Trinajstić information content (AvgIpc) is 2.71. The molecule has 0 unspecified atom stereocenters. The molecule has 0 bridgehead atoms. The predicted molar refractivity (Wildman–Crippen MR) is 111 cm³/mol. The van der Waals surface area contributed by atoms with Crippen molar-refractivity contribution in [2.75, 3.05) is 20.8 Å². The zero-order valence-corrected chi connectivity index (χ0v) is 17.3. The van der Waals surface area contributed by atoms with Crippen molar-refractivity contribution in [3.63, 3.8) is 0 Å². The number of amides is 2. The van der Waals surface area contributed by atoms with Crippen LogP contribution in [0.15, 0.2) is 23.3 Å². The summed E-state index contributed by atoms with van der Waals surface area (Å²) in [4.78, 5) is 23.5. The van der Waals surface area contributed by atoms with Crippen LogP contribution in [-0.2, 0) is 9.59 Å². The fourth-order valence-electron chi connectivity index (χ4n) is 2.66. The average molecular weight is 392 g/mol. The minimum Gasteiger partial charge on any atom is -0.493 e. The first-order chi connectivity index (χ1) is 13.6. The van der Waals surface area contributed by atoms with Gasteiger partial charge < -0.3 is 14.8 Å². The van der Waals surface area contributed by atoms with E-state index in [1.165, 1.54) is 38.3 Å². The summed E-state index contributed by atoms with van der Waals surface area (Å²) in [5.41, 5.74) is 3.14. The fourth-order valence-corrected chi connectivity index (χ4v) is 2.66. The molecule has 1 rings (SSSR count). The molecule has 0 aliphatic heterocycles. The van der Waals surface area contributed by atoms with Crippen LogP contribution in [0.3, 0.4) is 0 Å². The first kappa shape index (κ1) is 23.5. The van der Waals surface area contributed by atoms with Gasteiger partial charge in [-0.25, -0.2) is 5.43 Å². The SMILES string of the molecule is CCCCCCCCCC(=O)NCC(=O)NN=Cc1ccc(OC)c(OC)c1. The summed E-state index contributed by atoms with van der Waals surface area (Å²) in [6.45, 7) is 2.11. The van der Waals surface area contributed by atoms with Crippen LogP contribution >= 0.6 is 0 Å². The molecule has 0 aliphatic rings. The lowest BCUT2D eigenvalue weighted by molar-refractivity contribution is -0.126. The molecule has 1 aromatic rings. The maximum absolute atomic E-state index is 11.8. The third-order valence-electron chi connectivity index (χ3n) is 4.26.